The summed E-state index contributed by atoms with van der Waals surface area (Å²) in [5.74, 6) is 0.661. The molecule has 7 nitrogen and oxygen atoms in total. The SMILES string of the molecule is COc1ccc(NC(=O)[C@H]2CCCCN2S(=O)(=O)c2ccc(Br)cc2)cc1OC. The molecule has 0 aliphatic carbocycles. The van der Waals surface area contributed by atoms with Gasteiger partial charge in [-0.1, -0.05) is 22.4 Å². The van der Waals surface area contributed by atoms with E-state index in [0.717, 1.165) is 17.3 Å². The van der Waals surface area contributed by atoms with Crippen LogP contribution in [0.2, 0.25) is 0 Å². The predicted octanol–water partition coefficient (Wildman–Crippen LogP) is 3.65. The van der Waals surface area contributed by atoms with Gasteiger partial charge in [-0.15, -0.1) is 0 Å². The number of methoxy groups -OCH3 is 2. The summed E-state index contributed by atoms with van der Waals surface area (Å²) < 4.78 is 38.8. The molecule has 1 aliphatic rings. The second-order valence-electron chi connectivity index (χ2n) is 6.64. The van der Waals surface area contributed by atoms with Crippen LogP contribution in [0.25, 0.3) is 0 Å². The summed E-state index contributed by atoms with van der Waals surface area (Å²) in [7, 11) is -0.740. The highest BCUT2D eigenvalue weighted by Gasteiger charge is 2.37. The minimum Gasteiger partial charge on any atom is -0.493 e. The Morgan fingerprint density at radius 1 is 1.07 bits per heavy atom. The minimum atomic E-state index is -3.78. The van der Waals surface area contributed by atoms with Crippen molar-refractivity contribution < 1.29 is 22.7 Å². The molecule has 0 radical (unpaired) electrons. The quantitative estimate of drug-likeness (QED) is 0.678. The van der Waals surface area contributed by atoms with E-state index in [2.05, 4.69) is 21.2 Å². The number of carbonyl (C=O) groups excluding carboxylic acids is 1. The van der Waals surface area contributed by atoms with Gasteiger partial charge in [0.05, 0.1) is 19.1 Å². The van der Waals surface area contributed by atoms with Gasteiger partial charge in [0.2, 0.25) is 15.9 Å². The largest absolute Gasteiger partial charge is 0.493 e. The second-order valence-corrected chi connectivity index (χ2v) is 9.45. The van der Waals surface area contributed by atoms with E-state index in [1.54, 1.807) is 30.3 Å². The van der Waals surface area contributed by atoms with E-state index >= 15 is 0 Å². The molecule has 1 N–H and O–H groups in total. The number of nitrogens with zero attached hydrogens (tertiary/aromatic N) is 1. The van der Waals surface area contributed by atoms with Crippen LogP contribution in [0.5, 0.6) is 11.5 Å². The smallest absolute Gasteiger partial charge is 0.243 e. The van der Waals surface area contributed by atoms with Crippen molar-refractivity contribution in [1.82, 2.24) is 4.31 Å². The second kappa shape index (κ2) is 9.15. The maximum atomic E-state index is 13.1. The lowest BCUT2D eigenvalue weighted by Crippen LogP contribution is -2.49. The molecular formula is C20H23BrN2O5S. The van der Waals surface area contributed by atoms with Gasteiger partial charge in [0.15, 0.2) is 11.5 Å². The molecule has 2 aromatic rings. The zero-order valence-corrected chi connectivity index (χ0v) is 18.6. The minimum absolute atomic E-state index is 0.173. The van der Waals surface area contributed by atoms with Crippen molar-refractivity contribution in [3.63, 3.8) is 0 Å². The molecule has 0 aromatic heterocycles. The average molecular weight is 483 g/mol. The number of hydrogen-bond acceptors (Lipinski definition) is 5. The van der Waals surface area contributed by atoms with E-state index in [9.17, 15) is 13.2 Å². The molecule has 3 rings (SSSR count). The highest BCUT2D eigenvalue weighted by atomic mass is 79.9. The number of rotatable bonds is 6. The number of amides is 1. The van der Waals surface area contributed by atoms with Crippen molar-refractivity contribution in [3.8, 4) is 11.5 Å². The highest BCUT2D eigenvalue weighted by Crippen LogP contribution is 2.31. The predicted molar refractivity (Wildman–Crippen MR) is 114 cm³/mol. The first-order chi connectivity index (χ1) is 13.9. The van der Waals surface area contributed by atoms with Crippen molar-refractivity contribution in [2.75, 3.05) is 26.1 Å². The number of carbonyl (C=O) groups is 1. The third-order valence-corrected chi connectivity index (χ3v) is 7.28. The first-order valence-corrected chi connectivity index (χ1v) is 11.4. The van der Waals surface area contributed by atoms with Gasteiger partial charge in [-0.25, -0.2) is 8.42 Å². The molecule has 1 heterocycles. The molecule has 1 saturated heterocycles. The highest BCUT2D eigenvalue weighted by molar-refractivity contribution is 9.10. The summed E-state index contributed by atoms with van der Waals surface area (Å²) in [6.07, 6.45) is 1.97. The standard InChI is InChI=1S/C20H23BrN2O5S/c1-27-18-11-8-15(13-19(18)28-2)22-20(24)17-5-3-4-12-23(17)29(25,26)16-9-6-14(21)7-10-16/h6-11,13,17H,3-5,12H2,1-2H3,(H,22,24)/t17-/m1/s1. The summed E-state index contributed by atoms with van der Waals surface area (Å²) in [5.41, 5.74) is 0.513. The third kappa shape index (κ3) is 4.73. The van der Waals surface area contributed by atoms with Gasteiger partial charge in [0, 0.05) is 22.8 Å². The van der Waals surface area contributed by atoms with Crippen LogP contribution in [-0.2, 0) is 14.8 Å². The van der Waals surface area contributed by atoms with Crippen LogP contribution in [-0.4, -0.2) is 45.4 Å². The van der Waals surface area contributed by atoms with Crippen molar-refractivity contribution in [2.24, 2.45) is 0 Å². The zero-order chi connectivity index (χ0) is 21.0. The van der Waals surface area contributed by atoms with Gasteiger partial charge in [-0.3, -0.25) is 4.79 Å². The van der Waals surface area contributed by atoms with E-state index in [-0.39, 0.29) is 10.8 Å². The van der Waals surface area contributed by atoms with Crippen LogP contribution in [0.15, 0.2) is 51.8 Å². The van der Waals surface area contributed by atoms with E-state index in [1.165, 1.54) is 30.7 Å². The molecule has 1 amide bonds. The molecule has 156 valence electrons. The molecule has 0 saturated carbocycles. The molecule has 2 aromatic carbocycles. The number of anilines is 1. The monoisotopic (exact) mass is 482 g/mol. The molecule has 0 spiro atoms. The van der Waals surface area contributed by atoms with Crippen molar-refractivity contribution in [2.45, 2.75) is 30.2 Å². The Morgan fingerprint density at radius 2 is 1.76 bits per heavy atom. The number of piperidine rings is 1. The van der Waals surface area contributed by atoms with E-state index in [0.29, 0.717) is 30.2 Å². The molecular weight excluding hydrogens is 460 g/mol. The Hall–Kier alpha value is -2.10. The average Bonchev–Trinajstić information content (AvgIpc) is 2.74. The fourth-order valence-corrected chi connectivity index (χ4v) is 5.26. The van der Waals surface area contributed by atoms with E-state index in [1.807, 2.05) is 0 Å². The van der Waals surface area contributed by atoms with Gasteiger partial charge >= 0.3 is 0 Å². The lowest BCUT2D eigenvalue weighted by Gasteiger charge is -2.33. The number of hydrogen-bond donors (Lipinski definition) is 1. The molecule has 9 heteroatoms. The fraction of sp³-hybridized carbons (Fsp3) is 0.350. The van der Waals surface area contributed by atoms with Crippen molar-refractivity contribution >= 4 is 37.5 Å². The molecule has 0 bridgehead atoms. The van der Waals surface area contributed by atoms with Crippen LogP contribution >= 0.6 is 15.9 Å². The number of sulfonamides is 1. The molecule has 1 aliphatic heterocycles. The van der Waals surface area contributed by atoms with Crippen LogP contribution < -0.4 is 14.8 Å². The summed E-state index contributed by atoms with van der Waals surface area (Å²) >= 11 is 3.31. The van der Waals surface area contributed by atoms with Crippen LogP contribution in [0.3, 0.4) is 0 Å². The third-order valence-electron chi connectivity index (χ3n) is 4.83. The Kier molecular flexibility index (Phi) is 6.81. The number of benzene rings is 2. The summed E-state index contributed by atoms with van der Waals surface area (Å²) in [6, 6.07) is 10.7. The van der Waals surface area contributed by atoms with E-state index in [4.69, 9.17) is 9.47 Å². The van der Waals surface area contributed by atoms with E-state index < -0.39 is 16.1 Å². The van der Waals surface area contributed by atoms with Crippen molar-refractivity contribution in [3.05, 3.63) is 46.9 Å². The van der Waals surface area contributed by atoms with Gasteiger partial charge < -0.3 is 14.8 Å². The normalized spacial score (nSPS) is 17.6. The van der Waals surface area contributed by atoms with Gasteiger partial charge in [-0.05, 0) is 49.2 Å². The number of halogens is 1. The van der Waals surface area contributed by atoms with Gasteiger partial charge in [0.25, 0.3) is 0 Å². The number of ether oxygens (including phenoxy) is 2. The van der Waals surface area contributed by atoms with Crippen molar-refractivity contribution in [1.29, 1.82) is 0 Å². The first-order valence-electron chi connectivity index (χ1n) is 9.17. The first kappa shape index (κ1) is 21.6. The maximum Gasteiger partial charge on any atom is 0.243 e. The maximum absolute atomic E-state index is 13.1. The Labute approximate surface area is 179 Å². The topological polar surface area (TPSA) is 84.9 Å². The lowest BCUT2D eigenvalue weighted by atomic mass is 10.0. The van der Waals surface area contributed by atoms with Crippen LogP contribution in [0.4, 0.5) is 5.69 Å². The Balaban J connectivity index is 1.84. The summed E-state index contributed by atoms with van der Waals surface area (Å²) in [6.45, 7) is 0.308. The van der Waals surface area contributed by atoms with Gasteiger partial charge in [-0.2, -0.15) is 4.31 Å². The van der Waals surface area contributed by atoms with Crippen LogP contribution in [0, 0.1) is 0 Å². The van der Waals surface area contributed by atoms with Gasteiger partial charge in [0.1, 0.15) is 6.04 Å². The number of nitrogens with one attached hydrogen (secondary N) is 1. The lowest BCUT2D eigenvalue weighted by molar-refractivity contribution is -0.120. The summed E-state index contributed by atoms with van der Waals surface area (Å²) in [5, 5.41) is 2.81. The zero-order valence-electron chi connectivity index (χ0n) is 16.2. The Morgan fingerprint density at radius 3 is 2.41 bits per heavy atom. The summed E-state index contributed by atoms with van der Waals surface area (Å²) in [4.78, 5) is 13.1. The fourth-order valence-electron chi connectivity index (χ4n) is 3.34. The molecule has 1 fully saturated rings. The molecule has 0 unspecified atom stereocenters. The Bertz CT molecular complexity index is 979. The van der Waals surface area contributed by atoms with Crippen LogP contribution in [0.1, 0.15) is 19.3 Å². The molecule has 1 atom stereocenters. The molecule has 29 heavy (non-hydrogen) atoms.